The number of aliphatic hydroxyl groups excluding tert-OH is 1. The molecule has 2 aromatic carbocycles. The Morgan fingerprint density at radius 1 is 0.923 bits per heavy atom. The lowest BCUT2D eigenvalue weighted by Crippen LogP contribution is -2.55. The van der Waals surface area contributed by atoms with Gasteiger partial charge in [-0.25, -0.2) is 0 Å². The zero-order valence-corrected chi connectivity index (χ0v) is 22.0. The molecule has 0 fully saturated rings. The molecule has 0 saturated heterocycles. The van der Waals surface area contributed by atoms with Crippen LogP contribution in [0.25, 0.3) is 6.08 Å². The SMILES string of the molecule is CCC(CC)(c1ccc(/C=C/C(O)(C(F)(F)F)C(F)(F)F)c(C)c1)c1ccc(OC[C@H](O)CC(=O)O)c(C)c1. The summed E-state index contributed by atoms with van der Waals surface area (Å²) in [5.74, 6) is -0.690. The van der Waals surface area contributed by atoms with Crippen molar-refractivity contribution >= 4 is 12.0 Å². The van der Waals surface area contributed by atoms with E-state index in [1.165, 1.54) is 6.07 Å². The molecule has 1 atom stereocenters. The van der Waals surface area contributed by atoms with Crippen molar-refractivity contribution < 1.29 is 51.2 Å². The Morgan fingerprint density at radius 2 is 1.44 bits per heavy atom. The molecule has 5 nitrogen and oxygen atoms in total. The average Bonchev–Trinajstić information content (AvgIpc) is 2.82. The molecule has 0 radical (unpaired) electrons. The monoisotopic (exact) mass is 562 g/mol. The molecule has 3 N–H and O–H groups in total. The Hall–Kier alpha value is -3.05. The third kappa shape index (κ3) is 6.94. The number of carbonyl (C=O) groups is 1. The summed E-state index contributed by atoms with van der Waals surface area (Å²) >= 11 is 0. The lowest BCUT2D eigenvalue weighted by atomic mass is 9.70. The number of carboxylic acid groups (broad SMARTS) is 1. The van der Waals surface area contributed by atoms with Crippen LogP contribution >= 0.6 is 0 Å². The number of halogens is 6. The van der Waals surface area contributed by atoms with E-state index in [0.717, 1.165) is 16.7 Å². The second kappa shape index (κ2) is 12.0. The van der Waals surface area contributed by atoms with E-state index in [1.807, 2.05) is 26.0 Å². The Balaban J connectivity index is 2.42. The Morgan fingerprint density at radius 3 is 1.87 bits per heavy atom. The van der Waals surface area contributed by atoms with Crippen molar-refractivity contribution in [2.75, 3.05) is 6.61 Å². The molecule has 0 saturated carbocycles. The van der Waals surface area contributed by atoms with E-state index < -0.39 is 41.9 Å². The number of hydrogen-bond acceptors (Lipinski definition) is 4. The van der Waals surface area contributed by atoms with Gasteiger partial charge in [-0.1, -0.05) is 50.3 Å². The summed E-state index contributed by atoms with van der Waals surface area (Å²) in [5.41, 5.74) is -2.58. The minimum absolute atomic E-state index is 0.0895. The largest absolute Gasteiger partial charge is 0.491 e. The lowest BCUT2D eigenvalue weighted by molar-refractivity contribution is -0.347. The molecule has 0 spiro atoms. The maximum Gasteiger partial charge on any atom is 0.430 e. The van der Waals surface area contributed by atoms with Crippen LogP contribution < -0.4 is 4.74 Å². The highest BCUT2D eigenvalue weighted by atomic mass is 19.4. The van der Waals surface area contributed by atoms with Crippen LogP contribution in [0.3, 0.4) is 0 Å². The van der Waals surface area contributed by atoms with Crippen LogP contribution in [0.5, 0.6) is 5.75 Å². The van der Waals surface area contributed by atoms with Crippen LogP contribution in [0.4, 0.5) is 26.3 Å². The van der Waals surface area contributed by atoms with E-state index in [0.29, 0.717) is 30.2 Å². The van der Waals surface area contributed by atoms with E-state index in [4.69, 9.17) is 9.84 Å². The van der Waals surface area contributed by atoms with Crippen LogP contribution in [0.1, 0.15) is 60.9 Å². The molecule has 2 aromatic rings. The highest BCUT2D eigenvalue weighted by molar-refractivity contribution is 5.67. The predicted molar refractivity (Wildman–Crippen MR) is 134 cm³/mol. The Bertz CT molecular complexity index is 1170. The van der Waals surface area contributed by atoms with Gasteiger partial charge >= 0.3 is 18.3 Å². The average molecular weight is 563 g/mol. The van der Waals surface area contributed by atoms with Gasteiger partial charge < -0.3 is 20.1 Å². The fourth-order valence-corrected chi connectivity index (χ4v) is 4.51. The maximum absolute atomic E-state index is 13.0. The van der Waals surface area contributed by atoms with Crippen LogP contribution in [-0.2, 0) is 10.2 Å². The zero-order chi connectivity index (χ0) is 29.8. The van der Waals surface area contributed by atoms with E-state index in [2.05, 4.69) is 0 Å². The summed E-state index contributed by atoms with van der Waals surface area (Å²) < 4.78 is 83.8. The summed E-state index contributed by atoms with van der Waals surface area (Å²) in [6, 6.07) is 10.2. The molecule has 0 amide bonds. The number of aliphatic carboxylic acids is 1. The van der Waals surface area contributed by atoms with Crippen LogP contribution in [0.15, 0.2) is 42.5 Å². The van der Waals surface area contributed by atoms with Gasteiger partial charge in [-0.2, -0.15) is 26.3 Å². The molecular weight excluding hydrogens is 530 g/mol. The highest BCUT2D eigenvalue weighted by Crippen LogP contribution is 2.45. The second-order valence-corrected chi connectivity index (χ2v) is 9.50. The smallest absolute Gasteiger partial charge is 0.430 e. The number of aliphatic hydroxyl groups is 2. The first-order valence-electron chi connectivity index (χ1n) is 12.2. The minimum atomic E-state index is -5.95. The molecule has 0 aromatic heterocycles. The summed E-state index contributed by atoms with van der Waals surface area (Å²) in [4.78, 5) is 10.7. The molecule has 0 heterocycles. The number of benzene rings is 2. The molecule has 0 aliphatic carbocycles. The van der Waals surface area contributed by atoms with Gasteiger partial charge in [-0.05, 0) is 66.6 Å². The lowest BCUT2D eigenvalue weighted by Gasteiger charge is -2.34. The topological polar surface area (TPSA) is 87.0 Å². The quantitative estimate of drug-likeness (QED) is 0.273. The number of hydrogen-bond donors (Lipinski definition) is 3. The molecular formula is C28H32F6O5. The van der Waals surface area contributed by atoms with Crippen molar-refractivity contribution in [3.8, 4) is 5.75 Å². The van der Waals surface area contributed by atoms with Crippen LogP contribution in [0.2, 0.25) is 0 Å². The standard InChI is InChI=1S/C28H32F6O5/c1-5-25(6-2,21-9-10-23(18(4)14-21)39-16-22(35)15-24(36)37)20-8-7-19(17(3)13-20)11-12-26(38,27(29,30)31)28(32,33)34/h7-14,22,35,38H,5-6,15-16H2,1-4H3,(H,36,37)/b12-11+/t22-/m1/s1. The van der Waals surface area contributed by atoms with Gasteiger partial charge in [0.25, 0.3) is 5.60 Å². The van der Waals surface area contributed by atoms with Gasteiger partial charge in [0.15, 0.2) is 0 Å². The van der Waals surface area contributed by atoms with E-state index in [9.17, 15) is 41.4 Å². The normalized spacial score (nSPS) is 14.1. The van der Waals surface area contributed by atoms with E-state index >= 15 is 0 Å². The molecule has 0 aliphatic rings. The number of rotatable bonds is 11. The third-order valence-electron chi connectivity index (χ3n) is 6.97. The number of alkyl halides is 6. The van der Waals surface area contributed by atoms with Gasteiger partial charge in [-0.15, -0.1) is 0 Å². The van der Waals surface area contributed by atoms with Gasteiger partial charge in [-0.3, -0.25) is 4.79 Å². The van der Waals surface area contributed by atoms with Crippen molar-refractivity contribution in [2.24, 2.45) is 0 Å². The second-order valence-electron chi connectivity index (χ2n) is 9.50. The fraction of sp³-hybridized carbons (Fsp3) is 0.464. The number of aryl methyl sites for hydroxylation is 2. The first-order chi connectivity index (χ1) is 17.9. The maximum atomic E-state index is 13.0. The number of ether oxygens (including phenoxy) is 1. The van der Waals surface area contributed by atoms with Gasteiger partial charge in [0.05, 0.1) is 12.5 Å². The molecule has 0 unspecified atom stereocenters. The van der Waals surface area contributed by atoms with Gasteiger partial charge in [0.2, 0.25) is 0 Å². The number of carboxylic acids is 1. The Labute approximate surface area is 222 Å². The minimum Gasteiger partial charge on any atom is -0.491 e. The Kier molecular flexibility index (Phi) is 9.89. The summed E-state index contributed by atoms with van der Waals surface area (Å²) in [7, 11) is 0. The molecule has 39 heavy (non-hydrogen) atoms. The highest BCUT2D eigenvalue weighted by Gasteiger charge is 2.68. The zero-order valence-electron chi connectivity index (χ0n) is 22.0. The molecule has 0 bridgehead atoms. The molecule has 216 valence electrons. The summed E-state index contributed by atoms with van der Waals surface area (Å²) in [6.07, 6.45) is -11.9. The summed E-state index contributed by atoms with van der Waals surface area (Å²) in [5, 5.41) is 27.9. The predicted octanol–water partition coefficient (Wildman–Crippen LogP) is 6.49. The fourth-order valence-electron chi connectivity index (χ4n) is 4.51. The molecule has 11 heteroatoms. The van der Waals surface area contributed by atoms with Crippen molar-refractivity contribution in [3.63, 3.8) is 0 Å². The van der Waals surface area contributed by atoms with Gasteiger partial charge in [0, 0.05) is 5.41 Å². The van der Waals surface area contributed by atoms with Crippen molar-refractivity contribution in [2.45, 2.75) is 76.4 Å². The van der Waals surface area contributed by atoms with Crippen molar-refractivity contribution in [1.82, 2.24) is 0 Å². The molecule has 0 aliphatic heterocycles. The van der Waals surface area contributed by atoms with Crippen molar-refractivity contribution in [3.05, 3.63) is 70.3 Å². The van der Waals surface area contributed by atoms with Crippen LogP contribution in [0, 0.1) is 13.8 Å². The molecule has 2 rings (SSSR count). The van der Waals surface area contributed by atoms with E-state index in [1.54, 1.807) is 32.0 Å². The van der Waals surface area contributed by atoms with E-state index in [-0.39, 0.29) is 18.2 Å². The summed E-state index contributed by atoms with van der Waals surface area (Å²) in [6.45, 7) is 7.07. The first kappa shape index (κ1) is 32.2. The van der Waals surface area contributed by atoms with Crippen LogP contribution in [-0.4, -0.2) is 52.0 Å². The van der Waals surface area contributed by atoms with Gasteiger partial charge in [0.1, 0.15) is 12.4 Å². The third-order valence-corrected chi connectivity index (χ3v) is 6.97. The first-order valence-corrected chi connectivity index (χ1v) is 12.2. The van der Waals surface area contributed by atoms with Crippen molar-refractivity contribution in [1.29, 1.82) is 0 Å².